The second kappa shape index (κ2) is 9.67. The molecule has 10 heteroatoms. The number of nitrogens with one attached hydrogen (secondary N) is 1. The van der Waals surface area contributed by atoms with Gasteiger partial charge < -0.3 is 10.2 Å². The number of hydrogen-bond donors (Lipinski definition) is 1. The third-order valence-electron chi connectivity index (χ3n) is 5.63. The van der Waals surface area contributed by atoms with E-state index in [0.717, 1.165) is 18.9 Å². The molecule has 0 spiro atoms. The van der Waals surface area contributed by atoms with Crippen LogP contribution in [0.25, 0.3) is 0 Å². The highest BCUT2D eigenvalue weighted by atomic mass is 19.4. The van der Waals surface area contributed by atoms with E-state index < -0.39 is 11.7 Å². The molecule has 31 heavy (non-hydrogen) atoms. The van der Waals surface area contributed by atoms with Crippen LogP contribution < -0.4 is 5.32 Å². The molecule has 2 saturated heterocycles. The summed E-state index contributed by atoms with van der Waals surface area (Å²) in [5, 5.41) is 2.98. The first kappa shape index (κ1) is 23.1. The van der Waals surface area contributed by atoms with Gasteiger partial charge in [-0.1, -0.05) is 18.2 Å². The quantitative estimate of drug-likeness (QED) is 0.662. The summed E-state index contributed by atoms with van der Waals surface area (Å²) in [6.07, 6.45) is -2.27. The molecule has 2 aliphatic rings. The van der Waals surface area contributed by atoms with Gasteiger partial charge in [0.1, 0.15) is 6.54 Å². The highest BCUT2D eigenvalue weighted by molar-refractivity contribution is 6.01. The normalized spacial score (nSPS) is 18.7. The molecule has 3 rings (SSSR count). The Kier molecular flexibility index (Phi) is 7.19. The van der Waals surface area contributed by atoms with Crippen LogP contribution in [-0.4, -0.2) is 71.8 Å². The third kappa shape index (κ3) is 6.19. The molecule has 0 aliphatic carbocycles. The number of hydrogen-bond acceptors (Lipinski definition) is 4. The van der Waals surface area contributed by atoms with E-state index >= 15 is 0 Å². The van der Waals surface area contributed by atoms with E-state index in [9.17, 15) is 27.6 Å². The van der Waals surface area contributed by atoms with Crippen LogP contribution in [0.3, 0.4) is 0 Å². The monoisotopic (exact) mass is 440 g/mol. The van der Waals surface area contributed by atoms with Crippen molar-refractivity contribution in [3.63, 3.8) is 0 Å². The Hall–Kier alpha value is -2.62. The maximum Gasteiger partial charge on any atom is 0.416 e. The number of amides is 4. The number of likely N-dealkylation sites (N-methyl/N-ethyl adjacent to an activating group) is 1. The molecule has 1 N–H and O–H groups in total. The van der Waals surface area contributed by atoms with E-state index in [4.69, 9.17) is 0 Å². The first-order valence-electron chi connectivity index (χ1n) is 10.4. The Morgan fingerprint density at radius 2 is 1.90 bits per heavy atom. The topological polar surface area (TPSA) is 73.0 Å². The van der Waals surface area contributed by atoms with Gasteiger partial charge in [0, 0.05) is 45.7 Å². The van der Waals surface area contributed by atoms with Crippen molar-refractivity contribution in [2.45, 2.75) is 44.4 Å². The zero-order valence-electron chi connectivity index (χ0n) is 17.5. The predicted molar refractivity (Wildman–Crippen MR) is 107 cm³/mol. The Bertz CT molecular complexity index is 822. The van der Waals surface area contributed by atoms with E-state index in [1.54, 1.807) is 13.1 Å². The molecule has 2 fully saturated rings. The number of rotatable bonds is 7. The lowest BCUT2D eigenvalue weighted by Gasteiger charge is -2.32. The number of likely N-dealkylation sites (tertiary alicyclic amines) is 1. The highest BCUT2D eigenvalue weighted by Gasteiger charge is 2.33. The van der Waals surface area contributed by atoms with Gasteiger partial charge in [0.15, 0.2) is 0 Å². The summed E-state index contributed by atoms with van der Waals surface area (Å²) in [7, 11) is 1.56. The van der Waals surface area contributed by atoms with E-state index in [-0.39, 0.29) is 43.4 Å². The maximum absolute atomic E-state index is 12.9. The maximum atomic E-state index is 12.9. The molecule has 1 aromatic rings. The average molecular weight is 440 g/mol. The fraction of sp³-hybridized carbons (Fsp3) is 0.571. The summed E-state index contributed by atoms with van der Waals surface area (Å²) in [5.74, 6) is -0.371. The minimum Gasteiger partial charge on any atom is -0.353 e. The molecule has 0 bridgehead atoms. The molecule has 0 unspecified atom stereocenters. The fourth-order valence-electron chi connectivity index (χ4n) is 3.93. The Labute approximate surface area is 179 Å². The number of urea groups is 1. The van der Waals surface area contributed by atoms with Gasteiger partial charge >= 0.3 is 12.2 Å². The number of alkyl halides is 3. The van der Waals surface area contributed by atoms with Gasteiger partial charge in [-0.05, 0) is 30.9 Å². The Morgan fingerprint density at radius 3 is 2.52 bits per heavy atom. The lowest BCUT2D eigenvalue weighted by atomic mass is 10.0. The van der Waals surface area contributed by atoms with Crippen molar-refractivity contribution < 1.29 is 27.6 Å². The lowest BCUT2D eigenvalue weighted by Crippen LogP contribution is -2.44. The van der Waals surface area contributed by atoms with Gasteiger partial charge in [-0.2, -0.15) is 13.2 Å². The van der Waals surface area contributed by atoms with Crippen molar-refractivity contribution in [1.29, 1.82) is 0 Å². The van der Waals surface area contributed by atoms with Crippen LogP contribution in [0.2, 0.25) is 0 Å². The van der Waals surface area contributed by atoms with E-state index in [1.807, 2.05) is 0 Å². The molecular formula is C21H27F3N4O3. The minimum atomic E-state index is -4.35. The molecule has 0 aromatic heterocycles. The van der Waals surface area contributed by atoms with Crippen LogP contribution in [0.5, 0.6) is 0 Å². The van der Waals surface area contributed by atoms with Crippen molar-refractivity contribution in [3.8, 4) is 0 Å². The molecule has 0 radical (unpaired) electrons. The van der Waals surface area contributed by atoms with Crippen LogP contribution in [0.4, 0.5) is 18.0 Å². The van der Waals surface area contributed by atoms with E-state index in [2.05, 4.69) is 10.2 Å². The number of benzene rings is 1. The summed E-state index contributed by atoms with van der Waals surface area (Å²) in [6, 6.07) is 5.05. The number of carbonyl (C=O) groups is 3. The summed E-state index contributed by atoms with van der Waals surface area (Å²) >= 11 is 0. The van der Waals surface area contributed by atoms with Crippen molar-refractivity contribution in [2.75, 3.05) is 33.2 Å². The Morgan fingerprint density at radius 1 is 1.19 bits per heavy atom. The molecular weight excluding hydrogens is 413 g/mol. The Balaban J connectivity index is 1.37. The molecule has 0 saturated carbocycles. The highest BCUT2D eigenvalue weighted by Crippen LogP contribution is 2.30. The summed E-state index contributed by atoms with van der Waals surface area (Å²) in [5.41, 5.74) is -0.0231. The van der Waals surface area contributed by atoms with Gasteiger partial charge in [-0.25, -0.2) is 4.79 Å². The minimum absolute atomic E-state index is 0.0199. The number of imide groups is 1. The largest absolute Gasteiger partial charge is 0.416 e. The van der Waals surface area contributed by atoms with Crippen LogP contribution in [0.15, 0.2) is 24.3 Å². The molecule has 170 valence electrons. The zero-order chi connectivity index (χ0) is 22.6. The van der Waals surface area contributed by atoms with E-state index in [1.165, 1.54) is 21.9 Å². The van der Waals surface area contributed by atoms with Gasteiger partial charge in [0.05, 0.1) is 5.56 Å². The smallest absolute Gasteiger partial charge is 0.353 e. The van der Waals surface area contributed by atoms with Gasteiger partial charge in [-0.15, -0.1) is 0 Å². The van der Waals surface area contributed by atoms with Crippen molar-refractivity contribution >= 4 is 17.8 Å². The summed E-state index contributed by atoms with van der Waals surface area (Å²) < 4.78 is 38.6. The fourth-order valence-corrected chi connectivity index (χ4v) is 3.93. The number of halogens is 3. The lowest BCUT2D eigenvalue weighted by molar-refractivity contribution is -0.137. The molecule has 0 atom stereocenters. The first-order chi connectivity index (χ1) is 14.6. The molecule has 2 heterocycles. The third-order valence-corrected chi connectivity index (χ3v) is 5.63. The van der Waals surface area contributed by atoms with Crippen molar-refractivity contribution in [3.05, 3.63) is 35.4 Å². The van der Waals surface area contributed by atoms with Crippen LogP contribution in [-0.2, 0) is 22.3 Å². The van der Waals surface area contributed by atoms with Crippen LogP contribution in [0.1, 0.15) is 36.8 Å². The van der Waals surface area contributed by atoms with Crippen LogP contribution >= 0.6 is 0 Å². The summed E-state index contributed by atoms with van der Waals surface area (Å²) in [6.45, 7) is 2.11. The zero-order valence-corrected chi connectivity index (χ0v) is 17.5. The number of carbonyl (C=O) groups excluding carboxylic acids is 3. The molecule has 7 nitrogen and oxygen atoms in total. The van der Waals surface area contributed by atoms with E-state index in [0.29, 0.717) is 31.6 Å². The summed E-state index contributed by atoms with van der Waals surface area (Å²) in [4.78, 5) is 40.3. The van der Waals surface area contributed by atoms with Gasteiger partial charge in [-0.3, -0.25) is 19.4 Å². The molecule has 1 aromatic carbocycles. The van der Waals surface area contributed by atoms with Crippen molar-refractivity contribution in [1.82, 2.24) is 20.0 Å². The predicted octanol–water partition coefficient (Wildman–Crippen LogP) is 2.46. The van der Waals surface area contributed by atoms with Gasteiger partial charge in [0.25, 0.3) is 0 Å². The second-order valence-corrected chi connectivity index (χ2v) is 8.10. The SMILES string of the molecule is CN1CC(=O)N(CCCC(=O)NC2CCN(Cc3cccc(C(F)(F)F)c3)CC2)C1=O. The number of nitrogens with zero attached hydrogens (tertiary/aromatic N) is 3. The second-order valence-electron chi connectivity index (χ2n) is 8.10. The van der Waals surface area contributed by atoms with Gasteiger partial charge in [0.2, 0.25) is 11.8 Å². The van der Waals surface area contributed by atoms with Crippen molar-refractivity contribution in [2.24, 2.45) is 0 Å². The van der Waals surface area contributed by atoms with Crippen LogP contribution in [0, 0.1) is 0 Å². The first-order valence-corrected chi connectivity index (χ1v) is 10.4. The standard InChI is InChI=1S/C21H27F3N4O3/c1-26-14-19(30)28(20(26)31)9-3-6-18(29)25-17-7-10-27(11-8-17)13-15-4-2-5-16(12-15)21(22,23)24/h2,4-5,12,17H,3,6-11,13-14H2,1H3,(H,25,29). The average Bonchev–Trinajstić information content (AvgIpc) is 2.95. The molecule has 2 aliphatic heterocycles. The number of piperidine rings is 1. The molecule has 4 amide bonds.